The molecule has 0 saturated carbocycles. The van der Waals surface area contributed by atoms with Crippen molar-refractivity contribution in [1.29, 1.82) is 0 Å². The smallest absolute Gasteiger partial charge is 0.246 e. The molecule has 3 aliphatic rings. The molecule has 28 heavy (non-hydrogen) atoms. The van der Waals surface area contributed by atoms with Crippen molar-refractivity contribution in [3.8, 4) is 0 Å². The van der Waals surface area contributed by atoms with Crippen LogP contribution in [0.15, 0.2) is 12.2 Å². The minimum atomic E-state index is -3.64. The highest BCUT2D eigenvalue weighted by molar-refractivity contribution is 7.88. The average Bonchev–Trinajstić information content (AvgIpc) is 3.20. The van der Waals surface area contributed by atoms with Crippen LogP contribution in [0.1, 0.15) is 47.0 Å². The number of carbonyl (C=O) groups is 2. The molecule has 5 atom stereocenters. The first-order chi connectivity index (χ1) is 13.0. The molecule has 0 N–H and O–H groups in total. The average molecular weight is 412 g/mol. The zero-order chi connectivity index (χ0) is 20.8. The molecule has 0 aliphatic carbocycles. The Morgan fingerprint density at radius 1 is 1.18 bits per heavy atom. The molecular formula is C20H33N3O4S. The van der Waals surface area contributed by atoms with Gasteiger partial charge in [-0.2, -0.15) is 0 Å². The maximum atomic E-state index is 12.9. The van der Waals surface area contributed by atoms with E-state index in [4.69, 9.17) is 0 Å². The first-order valence-electron chi connectivity index (χ1n) is 10.3. The van der Waals surface area contributed by atoms with Gasteiger partial charge in [0, 0.05) is 31.2 Å². The molecule has 0 radical (unpaired) electrons. The number of likely N-dealkylation sites (tertiary alicyclic amines) is 2. The predicted octanol–water partition coefficient (Wildman–Crippen LogP) is 1.46. The Kier molecular flexibility index (Phi) is 5.92. The van der Waals surface area contributed by atoms with Crippen molar-refractivity contribution < 1.29 is 18.0 Å². The highest BCUT2D eigenvalue weighted by Crippen LogP contribution is 2.41. The van der Waals surface area contributed by atoms with Crippen molar-refractivity contribution in [1.82, 2.24) is 14.1 Å². The van der Waals surface area contributed by atoms with E-state index in [1.165, 1.54) is 12.8 Å². The van der Waals surface area contributed by atoms with Crippen LogP contribution in [0.5, 0.6) is 0 Å². The molecule has 3 rings (SSSR count). The molecule has 0 spiro atoms. The highest BCUT2D eigenvalue weighted by atomic mass is 32.2. The summed E-state index contributed by atoms with van der Waals surface area (Å²) in [6, 6.07) is 0.230. The highest BCUT2D eigenvalue weighted by Gasteiger charge is 2.58. The van der Waals surface area contributed by atoms with Gasteiger partial charge in [0.2, 0.25) is 21.8 Å². The number of hydrogen-bond donors (Lipinski definition) is 0. The fourth-order valence-corrected chi connectivity index (χ4v) is 6.44. The van der Waals surface area contributed by atoms with E-state index in [9.17, 15) is 18.0 Å². The molecule has 0 aromatic rings. The van der Waals surface area contributed by atoms with Crippen LogP contribution >= 0.6 is 0 Å². The number of fused-ring (bicyclic) bond motifs is 1. The van der Waals surface area contributed by atoms with Crippen LogP contribution in [0.3, 0.4) is 0 Å². The van der Waals surface area contributed by atoms with Crippen molar-refractivity contribution in [3.05, 3.63) is 12.2 Å². The van der Waals surface area contributed by atoms with Crippen LogP contribution in [0.4, 0.5) is 0 Å². The van der Waals surface area contributed by atoms with E-state index in [1.807, 2.05) is 19.9 Å². The Morgan fingerprint density at radius 2 is 1.79 bits per heavy atom. The minimum Gasteiger partial charge on any atom is -0.333 e. The summed E-state index contributed by atoms with van der Waals surface area (Å²) in [7, 11) is -3.64. The Labute approximate surface area is 168 Å². The Balaban J connectivity index is 1.75. The summed E-state index contributed by atoms with van der Waals surface area (Å²) in [5.74, 6) is -0.997. The third kappa shape index (κ3) is 3.73. The van der Waals surface area contributed by atoms with Crippen LogP contribution in [-0.4, -0.2) is 77.8 Å². The van der Waals surface area contributed by atoms with Crippen molar-refractivity contribution in [3.63, 3.8) is 0 Å². The molecule has 3 fully saturated rings. The van der Waals surface area contributed by atoms with E-state index in [2.05, 4.69) is 18.7 Å². The van der Waals surface area contributed by atoms with E-state index in [-0.39, 0.29) is 23.8 Å². The lowest BCUT2D eigenvalue weighted by molar-refractivity contribution is -0.131. The van der Waals surface area contributed by atoms with Gasteiger partial charge in [-0.15, -0.1) is 0 Å². The quantitative estimate of drug-likeness (QED) is 0.640. The summed E-state index contributed by atoms with van der Waals surface area (Å²) < 4.78 is 25.4. The lowest BCUT2D eigenvalue weighted by Crippen LogP contribution is -2.43. The third-order valence-electron chi connectivity index (χ3n) is 6.66. The Hall–Kier alpha value is -1.41. The second kappa shape index (κ2) is 7.78. The second-order valence-corrected chi connectivity index (χ2v) is 10.8. The molecule has 3 heterocycles. The predicted molar refractivity (Wildman–Crippen MR) is 108 cm³/mol. The molecule has 0 aromatic carbocycles. The van der Waals surface area contributed by atoms with E-state index >= 15 is 0 Å². The topological polar surface area (TPSA) is 78.0 Å². The number of rotatable bonds is 5. The van der Waals surface area contributed by atoms with E-state index in [1.54, 1.807) is 11.0 Å². The number of nitrogens with zero attached hydrogens (tertiary/aromatic N) is 3. The van der Waals surface area contributed by atoms with Gasteiger partial charge < -0.3 is 4.90 Å². The second-order valence-electron chi connectivity index (χ2n) is 8.92. The van der Waals surface area contributed by atoms with Crippen molar-refractivity contribution in [2.45, 2.75) is 71.1 Å². The zero-order valence-corrected chi connectivity index (χ0v) is 18.4. The van der Waals surface area contributed by atoms with E-state index < -0.39 is 22.0 Å². The summed E-state index contributed by atoms with van der Waals surface area (Å²) in [4.78, 5) is 29.8. The molecular weight excluding hydrogens is 378 g/mol. The molecule has 7 nitrogen and oxygen atoms in total. The molecule has 0 bridgehead atoms. The van der Waals surface area contributed by atoms with Gasteiger partial charge in [-0.3, -0.25) is 14.5 Å². The third-order valence-corrected chi connectivity index (χ3v) is 7.83. The normalized spacial score (nSPS) is 34.2. The number of amides is 2. The largest absolute Gasteiger partial charge is 0.333 e. The summed E-state index contributed by atoms with van der Waals surface area (Å²) in [6.07, 6.45) is 7.45. The van der Waals surface area contributed by atoms with Crippen LogP contribution in [0.25, 0.3) is 0 Å². The van der Waals surface area contributed by atoms with Crippen LogP contribution in [0, 0.1) is 11.8 Å². The lowest BCUT2D eigenvalue weighted by Gasteiger charge is -2.28. The SMILES string of the molecule is CC(C)[C@H]1C(=O)N(S(C)(=O)=O)[C@H]2CCN(C(=O)/C=C/CN3C(C)CCC3C)[C@H]12. The standard InChI is InChI=1S/C20H33N3O4S/c1-13(2)18-19-16(23(20(18)25)28(5,26)27)10-12-22(19)17(24)7-6-11-21-14(3)8-9-15(21)4/h6-7,13-16,18-19H,8-12H2,1-5H3/b7-6+/t14?,15?,16-,18+,19-/m0/s1. The number of carbonyl (C=O) groups excluding carboxylic acids is 2. The molecule has 158 valence electrons. The number of hydrogen-bond acceptors (Lipinski definition) is 5. The fourth-order valence-electron chi connectivity index (χ4n) is 5.27. The number of sulfonamides is 1. The Morgan fingerprint density at radius 3 is 2.32 bits per heavy atom. The fraction of sp³-hybridized carbons (Fsp3) is 0.800. The molecule has 8 heteroatoms. The zero-order valence-electron chi connectivity index (χ0n) is 17.5. The molecule has 0 aromatic heterocycles. The summed E-state index contributed by atoms with van der Waals surface area (Å²) in [6.45, 7) is 9.47. The van der Waals surface area contributed by atoms with Gasteiger partial charge in [0.05, 0.1) is 24.3 Å². The van der Waals surface area contributed by atoms with Gasteiger partial charge in [0.15, 0.2) is 0 Å². The summed E-state index contributed by atoms with van der Waals surface area (Å²) in [5.41, 5.74) is 0. The van der Waals surface area contributed by atoms with Gasteiger partial charge >= 0.3 is 0 Å². The van der Waals surface area contributed by atoms with Gasteiger partial charge in [0.25, 0.3) is 0 Å². The van der Waals surface area contributed by atoms with Crippen LogP contribution < -0.4 is 0 Å². The molecule has 3 saturated heterocycles. The summed E-state index contributed by atoms with van der Waals surface area (Å²) in [5, 5.41) is 0. The first-order valence-corrected chi connectivity index (χ1v) is 12.1. The molecule has 2 unspecified atom stereocenters. The molecule has 3 aliphatic heterocycles. The van der Waals surface area contributed by atoms with Gasteiger partial charge in [-0.05, 0) is 39.0 Å². The maximum absolute atomic E-state index is 12.9. The van der Waals surface area contributed by atoms with Crippen LogP contribution in [0.2, 0.25) is 0 Å². The summed E-state index contributed by atoms with van der Waals surface area (Å²) >= 11 is 0. The van der Waals surface area contributed by atoms with E-state index in [0.29, 0.717) is 25.0 Å². The minimum absolute atomic E-state index is 0.0320. The Bertz CT molecular complexity index is 753. The van der Waals surface area contributed by atoms with Crippen LogP contribution in [-0.2, 0) is 19.6 Å². The first kappa shape index (κ1) is 21.3. The van der Waals surface area contributed by atoms with Gasteiger partial charge in [-0.1, -0.05) is 19.9 Å². The lowest BCUT2D eigenvalue weighted by atomic mass is 9.88. The van der Waals surface area contributed by atoms with Crippen molar-refractivity contribution in [2.24, 2.45) is 11.8 Å². The van der Waals surface area contributed by atoms with Crippen molar-refractivity contribution >= 4 is 21.8 Å². The maximum Gasteiger partial charge on any atom is 0.246 e. The van der Waals surface area contributed by atoms with Gasteiger partial charge in [0.1, 0.15) is 0 Å². The van der Waals surface area contributed by atoms with E-state index in [0.717, 1.165) is 17.1 Å². The monoisotopic (exact) mass is 411 g/mol. The van der Waals surface area contributed by atoms with Gasteiger partial charge in [-0.25, -0.2) is 12.7 Å². The van der Waals surface area contributed by atoms with Crippen molar-refractivity contribution in [2.75, 3.05) is 19.3 Å². The molecule has 2 amide bonds.